The lowest BCUT2D eigenvalue weighted by atomic mass is 10.1. The van der Waals surface area contributed by atoms with E-state index in [1.807, 2.05) is 30.3 Å². The molecule has 0 radical (unpaired) electrons. The fourth-order valence-corrected chi connectivity index (χ4v) is 3.77. The molecule has 2 amide bonds. The van der Waals surface area contributed by atoms with Crippen LogP contribution in [0.5, 0.6) is 0 Å². The van der Waals surface area contributed by atoms with Gasteiger partial charge in [-0.15, -0.1) is 11.3 Å². The molecule has 2 aromatic rings. The van der Waals surface area contributed by atoms with Crippen LogP contribution in [0, 0.1) is 0 Å². The van der Waals surface area contributed by atoms with Crippen LogP contribution in [-0.4, -0.2) is 37.5 Å². The second-order valence-corrected chi connectivity index (χ2v) is 7.57. The number of nitrogens with one attached hydrogen (secondary N) is 2. The summed E-state index contributed by atoms with van der Waals surface area (Å²) in [6.07, 6.45) is 3.18. The molecule has 0 fully saturated rings. The lowest BCUT2D eigenvalue weighted by molar-refractivity contribution is -0.128. The molecule has 1 aromatic carbocycles. The first-order valence-electron chi connectivity index (χ1n) is 9.21. The Kier molecular flexibility index (Phi) is 8.97. The SMILES string of the molecule is NCCCc1ccc(CCNC(=O)[C@@H](Cc2ccccc2)NC(=O)CN)s1. The van der Waals surface area contributed by atoms with Crippen LogP contribution >= 0.6 is 11.3 Å². The maximum atomic E-state index is 12.6. The smallest absolute Gasteiger partial charge is 0.242 e. The molecule has 0 bridgehead atoms. The van der Waals surface area contributed by atoms with Gasteiger partial charge in [0.15, 0.2) is 0 Å². The predicted octanol–water partition coefficient (Wildman–Crippen LogP) is 0.984. The van der Waals surface area contributed by atoms with Crippen LogP contribution in [0.2, 0.25) is 0 Å². The molecular formula is C20H28N4O2S. The van der Waals surface area contributed by atoms with Gasteiger partial charge in [-0.25, -0.2) is 0 Å². The molecule has 0 saturated heterocycles. The van der Waals surface area contributed by atoms with Gasteiger partial charge < -0.3 is 22.1 Å². The van der Waals surface area contributed by atoms with Gasteiger partial charge in [-0.1, -0.05) is 30.3 Å². The zero-order valence-electron chi connectivity index (χ0n) is 15.4. The first-order chi connectivity index (χ1) is 13.1. The Bertz CT molecular complexity index is 718. The summed E-state index contributed by atoms with van der Waals surface area (Å²) in [4.78, 5) is 26.8. The molecule has 0 spiro atoms. The van der Waals surface area contributed by atoms with Gasteiger partial charge in [0, 0.05) is 22.7 Å². The number of thiophene rings is 1. The number of hydrogen-bond donors (Lipinski definition) is 4. The van der Waals surface area contributed by atoms with E-state index < -0.39 is 6.04 Å². The van der Waals surface area contributed by atoms with Gasteiger partial charge in [0.05, 0.1) is 6.54 Å². The highest BCUT2D eigenvalue weighted by atomic mass is 32.1. The normalized spacial score (nSPS) is 11.8. The third-order valence-electron chi connectivity index (χ3n) is 4.13. The van der Waals surface area contributed by atoms with E-state index in [9.17, 15) is 9.59 Å². The average molecular weight is 389 g/mol. The number of carbonyl (C=O) groups excluding carboxylic acids is 2. The van der Waals surface area contributed by atoms with Gasteiger partial charge in [0.2, 0.25) is 11.8 Å². The zero-order chi connectivity index (χ0) is 19.5. The van der Waals surface area contributed by atoms with E-state index in [0.717, 1.165) is 24.8 Å². The number of amides is 2. The summed E-state index contributed by atoms with van der Waals surface area (Å²) in [6, 6.07) is 13.2. The highest BCUT2D eigenvalue weighted by Gasteiger charge is 2.20. The zero-order valence-corrected chi connectivity index (χ0v) is 16.3. The Hall–Kier alpha value is -2.22. The molecule has 146 valence electrons. The molecular weight excluding hydrogens is 360 g/mol. The van der Waals surface area contributed by atoms with Crippen molar-refractivity contribution in [1.82, 2.24) is 10.6 Å². The van der Waals surface area contributed by atoms with Crippen molar-refractivity contribution in [2.45, 2.75) is 31.7 Å². The van der Waals surface area contributed by atoms with E-state index in [0.29, 0.717) is 19.5 Å². The van der Waals surface area contributed by atoms with E-state index in [1.165, 1.54) is 9.75 Å². The Morgan fingerprint density at radius 1 is 1.00 bits per heavy atom. The maximum absolute atomic E-state index is 12.6. The van der Waals surface area contributed by atoms with Crippen LogP contribution in [0.1, 0.15) is 21.7 Å². The lowest BCUT2D eigenvalue weighted by Gasteiger charge is -2.18. The Balaban J connectivity index is 1.86. The van der Waals surface area contributed by atoms with Crippen molar-refractivity contribution in [2.75, 3.05) is 19.6 Å². The maximum Gasteiger partial charge on any atom is 0.242 e. The van der Waals surface area contributed by atoms with E-state index in [4.69, 9.17) is 11.5 Å². The molecule has 0 aliphatic carbocycles. The van der Waals surface area contributed by atoms with E-state index in [2.05, 4.69) is 22.8 Å². The van der Waals surface area contributed by atoms with Gasteiger partial charge in [-0.05, 0) is 43.5 Å². The van der Waals surface area contributed by atoms with Crippen molar-refractivity contribution in [3.63, 3.8) is 0 Å². The summed E-state index contributed by atoms with van der Waals surface area (Å²) in [5, 5.41) is 5.63. The van der Waals surface area contributed by atoms with Gasteiger partial charge in [0.1, 0.15) is 6.04 Å². The van der Waals surface area contributed by atoms with Crippen LogP contribution in [0.4, 0.5) is 0 Å². The molecule has 2 rings (SSSR count). The van der Waals surface area contributed by atoms with Crippen LogP contribution in [0.3, 0.4) is 0 Å². The monoisotopic (exact) mass is 388 g/mol. The van der Waals surface area contributed by atoms with Crippen molar-refractivity contribution in [2.24, 2.45) is 11.5 Å². The third kappa shape index (κ3) is 7.50. The molecule has 6 nitrogen and oxygen atoms in total. The minimum absolute atomic E-state index is 0.140. The Labute approximate surface area is 164 Å². The van der Waals surface area contributed by atoms with E-state index in [-0.39, 0.29) is 18.4 Å². The second-order valence-electron chi connectivity index (χ2n) is 6.32. The topological polar surface area (TPSA) is 110 Å². The number of rotatable bonds is 11. The molecule has 0 aliphatic rings. The summed E-state index contributed by atoms with van der Waals surface area (Å²) < 4.78 is 0. The number of aryl methyl sites for hydroxylation is 1. The largest absolute Gasteiger partial charge is 0.354 e. The van der Waals surface area contributed by atoms with E-state index >= 15 is 0 Å². The summed E-state index contributed by atoms with van der Waals surface area (Å²) >= 11 is 1.76. The van der Waals surface area contributed by atoms with Crippen LogP contribution in [0.25, 0.3) is 0 Å². The summed E-state index contributed by atoms with van der Waals surface area (Å²) in [7, 11) is 0. The molecule has 0 aliphatic heterocycles. The highest BCUT2D eigenvalue weighted by Crippen LogP contribution is 2.18. The lowest BCUT2D eigenvalue weighted by Crippen LogP contribution is -2.49. The quantitative estimate of drug-likeness (QED) is 0.460. The molecule has 0 saturated carbocycles. The van der Waals surface area contributed by atoms with Crippen molar-refractivity contribution in [3.8, 4) is 0 Å². The van der Waals surface area contributed by atoms with Crippen molar-refractivity contribution in [1.29, 1.82) is 0 Å². The molecule has 7 heteroatoms. The summed E-state index contributed by atoms with van der Waals surface area (Å²) in [5.74, 6) is -0.533. The van der Waals surface area contributed by atoms with Gasteiger partial charge in [0.25, 0.3) is 0 Å². The van der Waals surface area contributed by atoms with E-state index in [1.54, 1.807) is 11.3 Å². The summed E-state index contributed by atoms with van der Waals surface area (Å²) in [6.45, 7) is 1.08. The van der Waals surface area contributed by atoms with Crippen LogP contribution in [0.15, 0.2) is 42.5 Å². The fourth-order valence-electron chi connectivity index (χ4n) is 2.71. The number of carbonyl (C=O) groups is 2. The van der Waals surface area contributed by atoms with Gasteiger partial charge in [-0.3, -0.25) is 9.59 Å². The molecule has 6 N–H and O–H groups in total. The molecule has 0 unspecified atom stereocenters. The van der Waals surface area contributed by atoms with Gasteiger partial charge in [-0.2, -0.15) is 0 Å². The first-order valence-corrected chi connectivity index (χ1v) is 10.0. The average Bonchev–Trinajstić information content (AvgIpc) is 3.14. The van der Waals surface area contributed by atoms with Crippen molar-refractivity contribution >= 4 is 23.2 Å². The number of benzene rings is 1. The Morgan fingerprint density at radius 3 is 2.37 bits per heavy atom. The second kappa shape index (κ2) is 11.5. The molecule has 27 heavy (non-hydrogen) atoms. The highest BCUT2D eigenvalue weighted by molar-refractivity contribution is 7.11. The first kappa shape index (κ1) is 21.1. The van der Waals surface area contributed by atoms with Gasteiger partial charge >= 0.3 is 0 Å². The van der Waals surface area contributed by atoms with Crippen molar-refractivity contribution < 1.29 is 9.59 Å². The number of hydrogen-bond acceptors (Lipinski definition) is 5. The third-order valence-corrected chi connectivity index (χ3v) is 5.34. The van der Waals surface area contributed by atoms with Crippen LogP contribution < -0.4 is 22.1 Å². The van der Waals surface area contributed by atoms with Crippen molar-refractivity contribution in [3.05, 3.63) is 57.8 Å². The predicted molar refractivity (Wildman–Crippen MR) is 110 cm³/mol. The summed E-state index contributed by atoms with van der Waals surface area (Å²) in [5.41, 5.74) is 11.9. The standard InChI is InChI=1S/C20H28N4O2S/c21-11-4-7-16-8-9-17(27-16)10-12-23-20(26)18(24-19(25)14-22)13-15-5-2-1-3-6-15/h1-3,5-6,8-9,18H,4,7,10-14,21-22H2,(H,23,26)(H,24,25)/t18-/m1/s1. The molecule has 1 atom stereocenters. The minimum atomic E-state index is -0.632. The minimum Gasteiger partial charge on any atom is -0.354 e. The fraction of sp³-hybridized carbons (Fsp3) is 0.400. The number of nitrogens with two attached hydrogens (primary N) is 2. The Morgan fingerprint density at radius 2 is 1.70 bits per heavy atom. The molecule has 1 aromatic heterocycles. The molecule has 1 heterocycles. The van der Waals surface area contributed by atoms with Crippen LogP contribution in [-0.2, 0) is 28.9 Å².